The van der Waals surface area contributed by atoms with Crippen molar-refractivity contribution >= 4 is 17.6 Å². The Bertz CT molecular complexity index is 491. The summed E-state index contributed by atoms with van der Waals surface area (Å²) in [6.07, 6.45) is 0.133. The zero-order valence-electron chi connectivity index (χ0n) is 11.2. The fraction of sp³-hybridized carbons (Fsp3) is 0.357. The van der Waals surface area contributed by atoms with Crippen molar-refractivity contribution < 1.29 is 19.1 Å². The largest absolute Gasteiger partial charge is 0.479 e. The highest BCUT2D eigenvalue weighted by atomic mass is 16.5. The molecular formula is C14H16N2O4. The molecule has 1 rings (SSSR count). The second kappa shape index (κ2) is 8.53. The van der Waals surface area contributed by atoms with E-state index in [0.717, 1.165) is 0 Å². The summed E-state index contributed by atoms with van der Waals surface area (Å²) in [6, 6.07) is 8.49. The van der Waals surface area contributed by atoms with Gasteiger partial charge in [0.15, 0.2) is 6.61 Å². The van der Waals surface area contributed by atoms with Crippen LogP contribution in [0.5, 0.6) is 5.75 Å². The monoisotopic (exact) mass is 276 g/mol. The molecule has 0 atom stereocenters. The van der Waals surface area contributed by atoms with Gasteiger partial charge in [-0.25, -0.2) is 0 Å². The van der Waals surface area contributed by atoms with E-state index in [9.17, 15) is 9.59 Å². The fourth-order valence-corrected chi connectivity index (χ4v) is 1.42. The van der Waals surface area contributed by atoms with Gasteiger partial charge >= 0.3 is 5.97 Å². The van der Waals surface area contributed by atoms with E-state index in [1.54, 1.807) is 31.2 Å². The highest BCUT2D eigenvalue weighted by Crippen LogP contribution is 2.15. The number of amides is 1. The van der Waals surface area contributed by atoms with Crippen LogP contribution in [0.3, 0.4) is 0 Å². The maximum Gasteiger partial charge on any atom is 0.306 e. The molecule has 0 saturated heterocycles. The predicted octanol–water partition coefficient (Wildman–Crippen LogP) is 1.87. The van der Waals surface area contributed by atoms with Crippen molar-refractivity contribution in [2.75, 3.05) is 18.5 Å². The Morgan fingerprint density at radius 1 is 1.25 bits per heavy atom. The molecule has 0 aliphatic rings. The van der Waals surface area contributed by atoms with Gasteiger partial charge < -0.3 is 14.8 Å². The highest BCUT2D eigenvalue weighted by molar-refractivity contribution is 5.92. The first-order chi connectivity index (χ1) is 9.65. The van der Waals surface area contributed by atoms with Gasteiger partial charge in [-0.15, -0.1) is 0 Å². The number of hydrogen-bond donors (Lipinski definition) is 1. The van der Waals surface area contributed by atoms with Crippen molar-refractivity contribution in [2.45, 2.75) is 19.8 Å². The molecule has 0 fully saturated rings. The van der Waals surface area contributed by atoms with Crippen molar-refractivity contribution in [3.05, 3.63) is 24.3 Å². The topological polar surface area (TPSA) is 88.4 Å². The molecule has 6 nitrogen and oxygen atoms in total. The number of hydrogen-bond acceptors (Lipinski definition) is 5. The minimum atomic E-state index is -0.386. The lowest BCUT2D eigenvalue weighted by Gasteiger charge is -2.06. The molecule has 1 amide bonds. The molecule has 0 heterocycles. The second-order valence-electron chi connectivity index (χ2n) is 3.82. The first-order valence-corrected chi connectivity index (χ1v) is 6.21. The number of benzene rings is 1. The van der Waals surface area contributed by atoms with E-state index in [0.29, 0.717) is 18.0 Å². The number of carbonyl (C=O) groups excluding carboxylic acids is 2. The van der Waals surface area contributed by atoms with E-state index in [2.05, 4.69) is 5.32 Å². The number of rotatable bonds is 7. The normalized spacial score (nSPS) is 9.40. The van der Waals surface area contributed by atoms with Gasteiger partial charge in [0.1, 0.15) is 11.8 Å². The van der Waals surface area contributed by atoms with Gasteiger partial charge in [0.05, 0.1) is 13.0 Å². The molecule has 0 bridgehead atoms. The average molecular weight is 276 g/mol. The number of anilines is 1. The van der Waals surface area contributed by atoms with Crippen LogP contribution < -0.4 is 10.1 Å². The van der Waals surface area contributed by atoms with Gasteiger partial charge in [0, 0.05) is 12.1 Å². The molecule has 0 aromatic heterocycles. The zero-order valence-corrected chi connectivity index (χ0v) is 11.2. The summed E-state index contributed by atoms with van der Waals surface area (Å²) in [5.41, 5.74) is 0.600. The third kappa shape index (κ3) is 5.87. The third-order valence-corrected chi connectivity index (χ3v) is 2.30. The maximum absolute atomic E-state index is 11.6. The van der Waals surface area contributed by atoms with E-state index in [1.165, 1.54) is 0 Å². The van der Waals surface area contributed by atoms with Gasteiger partial charge in [0.2, 0.25) is 5.91 Å². The van der Waals surface area contributed by atoms with Crippen LogP contribution in [0.15, 0.2) is 24.3 Å². The van der Waals surface area contributed by atoms with Gasteiger partial charge in [0.25, 0.3) is 0 Å². The maximum atomic E-state index is 11.6. The molecule has 0 unspecified atom stereocenters. The first kappa shape index (κ1) is 15.5. The number of esters is 1. The van der Waals surface area contributed by atoms with Crippen LogP contribution in [-0.4, -0.2) is 25.1 Å². The highest BCUT2D eigenvalue weighted by Gasteiger charge is 2.07. The summed E-state index contributed by atoms with van der Waals surface area (Å²) in [4.78, 5) is 22.7. The summed E-state index contributed by atoms with van der Waals surface area (Å²) in [7, 11) is 0. The SMILES string of the molecule is CCOC(=O)CCC(=O)Nc1ccc(OCC#N)cc1. The fourth-order valence-electron chi connectivity index (χ4n) is 1.42. The first-order valence-electron chi connectivity index (χ1n) is 6.21. The second-order valence-corrected chi connectivity index (χ2v) is 3.82. The molecule has 6 heteroatoms. The van der Waals surface area contributed by atoms with Crippen molar-refractivity contribution in [3.8, 4) is 11.8 Å². The summed E-state index contributed by atoms with van der Waals surface area (Å²) in [5, 5.41) is 11.0. The van der Waals surface area contributed by atoms with E-state index < -0.39 is 0 Å². The molecular weight excluding hydrogens is 260 g/mol. The Balaban J connectivity index is 2.38. The molecule has 0 saturated carbocycles. The van der Waals surface area contributed by atoms with Gasteiger partial charge in [-0.1, -0.05) is 0 Å². The average Bonchev–Trinajstić information content (AvgIpc) is 2.45. The summed E-state index contributed by atoms with van der Waals surface area (Å²) >= 11 is 0. The number of nitrogens with zero attached hydrogens (tertiary/aromatic N) is 1. The molecule has 1 aromatic rings. The summed E-state index contributed by atoms with van der Waals surface area (Å²) in [5.74, 6) is -0.0947. The number of ether oxygens (including phenoxy) is 2. The van der Waals surface area contributed by atoms with Crippen molar-refractivity contribution in [1.29, 1.82) is 5.26 Å². The zero-order chi connectivity index (χ0) is 14.8. The molecule has 1 aromatic carbocycles. The molecule has 106 valence electrons. The minimum Gasteiger partial charge on any atom is -0.479 e. The Hall–Kier alpha value is -2.55. The molecule has 0 radical (unpaired) electrons. The molecule has 20 heavy (non-hydrogen) atoms. The Morgan fingerprint density at radius 2 is 1.95 bits per heavy atom. The van der Waals surface area contributed by atoms with Crippen molar-refractivity contribution in [3.63, 3.8) is 0 Å². The van der Waals surface area contributed by atoms with E-state index in [4.69, 9.17) is 14.7 Å². The van der Waals surface area contributed by atoms with E-state index >= 15 is 0 Å². The third-order valence-electron chi connectivity index (χ3n) is 2.30. The predicted molar refractivity (Wildman–Crippen MR) is 72.0 cm³/mol. The smallest absolute Gasteiger partial charge is 0.306 e. The van der Waals surface area contributed by atoms with Gasteiger partial charge in [-0.3, -0.25) is 9.59 Å². The summed E-state index contributed by atoms with van der Waals surface area (Å²) < 4.78 is 9.82. The van der Waals surface area contributed by atoms with Crippen molar-refractivity contribution in [1.82, 2.24) is 0 Å². The van der Waals surface area contributed by atoms with Crippen molar-refractivity contribution in [2.24, 2.45) is 0 Å². The van der Waals surface area contributed by atoms with Crippen LogP contribution in [0.1, 0.15) is 19.8 Å². The quantitative estimate of drug-likeness (QED) is 0.768. The van der Waals surface area contributed by atoms with Crippen LogP contribution in [0.2, 0.25) is 0 Å². The molecule has 1 N–H and O–H groups in total. The molecule has 0 aliphatic heterocycles. The standard InChI is InChI=1S/C14H16N2O4/c1-2-19-14(18)8-7-13(17)16-11-3-5-12(6-4-11)20-10-9-15/h3-6H,2,7-8,10H2,1H3,(H,16,17). The minimum absolute atomic E-state index is 0.0226. The van der Waals surface area contributed by atoms with Crippen LogP contribution in [0.4, 0.5) is 5.69 Å². The lowest BCUT2D eigenvalue weighted by atomic mass is 10.2. The Morgan fingerprint density at radius 3 is 2.55 bits per heavy atom. The van der Waals surface area contributed by atoms with E-state index in [-0.39, 0.29) is 31.3 Å². The lowest BCUT2D eigenvalue weighted by molar-refractivity contribution is -0.144. The van der Waals surface area contributed by atoms with E-state index in [1.807, 2.05) is 6.07 Å². The van der Waals surface area contributed by atoms with Crippen LogP contribution >= 0.6 is 0 Å². The van der Waals surface area contributed by atoms with Crippen LogP contribution in [0, 0.1) is 11.3 Å². The Labute approximate surface area is 117 Å². The Kier molecular flexibility index (Phi) is 6.62. The van der Waals surface area contributed by atoms with Crippen LogP contribution in [0.25, 0.3) is 0 Å². The van der Waals surface area contributed by atoms with Gasteiger partial charge in [-0.2, -0.15) is 5.26 Å². The molecule has 0 spiro atoms. The summed E-state index contributed by atoms with van der Waals surface area (Å²) in [6.45, 7) is 2.00. The number of nitrogens with one attached hydrogen (secondary N) is 1. The lowest BCUT2D eigenvalue weighted by Crippen LogP contribution is -2.14. The van der Waals surface area contributed by atoms with Crippen LogP contribution in [-0.2, 0) is 14.3 Å². The van der Waals surface area contributed by atoms with Gasteiger partial charge in [-0.05, 0) is 31.2 Å². The molecule has 0 aliphatic carbocycles. The number of carbonyl (C=O) groups is 2. The number of nitriles is 1.